The second-order valence-corrected chi connectivity index (χ2v) is 7.62. The maximum absolute atomic E-state index is 6.26. The van der Waals surface area contributed by atoms with Crippen LogP contribution in [-0.4, -0.2) is 29.6 Å². The van der Waals surface area contributed by atoms with E-state index in [1.807, 2.05) is 0 Å². The van der Waals surface area contributed by atoms with Crippen LogP contribution >= 0.6 is 0 Å². The van der Waals surface area contributed by atoms with Gasteiger partial charge in [-0.25, -0.2) is 0 Å². The highest BCUT2D eigenvalue weighted by atomic mass is 15.2. The molecule has 1 unspecified atom stereocenters. The van der Waals surface area contributed by atoms with Crippen LogP contribution in [-0.2, 0) is 0 Å². The Bertz CT molecular complexity index is 260. The fourth-order valence-corrected chi connectivity index (χ4v) is 4.08. The zero-order chi connectivity index (χ0) is 14.5. The van der Waals surface area contributed by atoms with Crippen LogP contribution in [0.4, 0.5) is 0 Å². The van der Waals surface area contributed by atoms with Crippen LogP contribution < -0.4 is 5.73 Å². The third-order valence-electron chi connectivity index (χ3n) is 4.92. The van der Waals surface area contributed by atoms with Crippen LogP contribution in [0.15, 0.2) is 0 Å². The summed E-state index contributed by atoms with van der Waals surface area (Å²) in [4.78, 5) is 2.73. The van der Waals surface area contributed by atoms with E-state index in [1.54, 1.807) is 0 Å². The summed E-state index contributed by atoms with van der Waals surface area (Å²) in [7, 11) is 0. The minimum atomic E-state index is 0.254. The first-order chi connectivity index (χ1) is 8.87. The Morgan fingerprint density at radius 3 is 2.32 bits per heavy atom. The average molecular weight is 268 g/mol. The lowest BCUT2D eigenvalue weighted by Gasteiger charge is -2.52. The monoisotopic (exact) mass is 268 g/mol. The Labute approximate surface area is 121 Å². The molecule has 2 N–H and O–H groups in total. The quantitative estimate of drug-likeness (QED) is 0.702. The van der Waals surface area contributed by atoms with Crippen molar-refractivity contribution in [3.8, 4) is 0 Å². The summed E-state index contributed by atoms with van der Waals surface area (Å²) in [5.41, 5.74) is 6.97. The van der Waals surface area contributed by atoms with Crippen molar-refractivity contribution >= 4 is 0 Å². The van der Waals surface area contributed by atoms with Gasteiger partial charge in [0, 0.05) is 18.1 Å². The first-order valence-corrected chi connectivity index (χ1v) is 8.34. The predicted octanol–water partition coefficient (Wildman–Crippen LogP) is 4.18. The fourth-order valence-electron chi connectivity index (χ4n) is 4.08. The molecule has 114 valence electrons. The highest BCUT2D eigenvalue weighted by Gasteiger charge is 2.43. The van der Waals surface area contributed by atoms with Gasteiger partial charge in [-0.2, -0.15) is 0 Å². The molecule has 0 amide bonds. The molecule has 0 aromatic heterocycles. The highest BCUT2D eigenvalue weighted by Crippen LogP contribution is 2.44. The number of rotatable bonds is 7. The fraction of sp³-hybridized carbons (Fsp3) is 1.00. The second kappa shape index (κ2) is 7.08. The maximum atomic E-state index is 6.26. The van der Waals surface area contributed by atoms with Gasteiger partial charge in [0.05, 0.1) is 0 Å². The molecule has 1 atom stereocenters. The minimum absolute atomic E-state index is 0.254. The summed E-state index contributed by atoms with van der Waals surface area (Å²) >= 11 is 0. The van der Waals surface area contributed by atoms with Gasteiger partial charge in [0.1, 0.15) is 0 Å². The summed E-state index contributed by atoms with van der Waals surface area (Å²) in [6.07, 6.45) is 9.20. The molecule has 1 saturated carbocycles. The van der Waals surface area contributed by atoms with Gasteiger partial charge >= 0.3 is 0 Å². The standard InChI is InChI=1S/C17H36N2/c1-6-7-8-12-19(15(2)3)17(14-18)11-9-10-16(4,5)13-17/h15H,6-14,18H2,1-5H3. The predicted molar refractivity (Wildman–Crippen MR) is 85.4 cm³/mol. The molecule has 1 rings (SSSR count). The summed E-state index contributed by atoms with van der Waals surface area (Å²) in [6.45, 7) is 13.8. The van der Waals surface area contributed by atoms with E-state index in [-0.39, 0.29) is 5.54 Å². The van der Waals surface area contributed by atoms with Crippen LogP contribution in [0.3, 0.4) is 0 Å². The van der Waals surface area contributed by atoms with E-state index in [4.69, 9.17) is 5.73 Å². The molecule has 0 saturated heterocycles. The molecule has 0 aliphatic heterocycles. The first kappa shape index (κ1) is 17.0. The summed E-state index contributed by atoms with van der Waals surface area (Å²) < 4.78 is 0. The van der Waals surface area contributed by atoms with E-state index in [9.17, 15) is 0 Å². The molecule has 1 aliphatic carbocycles. The molecule has 0 bridgehead atoms. The van der Waals surface area contributed by atoms with E-state index in [0.717, 1.165) is 6.54 Å². The topological polar surface area (TPSA) is 29.3 Å². The molecule has 19 heavy (non-hydrogen) atoms. The van der Waals surface area contributed by atoms with Crippen LogP contribution in [0.5, 0.6) is 0 Å². The second-order valence-electron chi connectivity index (χ2n) is 7.62. The van der Waals surface area contributed by atoms with Crippen molar-refractivity contribution in [2.75, 3.05) is 13.1 Å². The number of unbranched alkanes of at least 4 members (excludes halogenated alkanes) is 2. The molecule has 2 heteroatoms. The van der Waals surface area contributed by atoms with Crippen LogP contribution in [0.25, 0.3) is 0 Å². The van der Waals surface area contributed by atoms with Gasteiger partial charge < -0.3 is 5.73 Å². The van der Waals surface area contributed by atoms with Crippen molar-refractivity contribution < 1.29 is 0 Å². The molecular weight excluding hydrogens is 232 g/mol. The van der Waals surface area contributed by atoms with E-state index in [1.165, 1.54) is 51.5 Å². The van der Waals surface area contributed by atoms with Crippen LogP contribution in [0.1, 0.15) is 79.6 Å². The average Bonchev–Trinajstić information content (AvgIpc) is 2.32. The van der Waals surface area contributed by atoms with E-state index >= 15 is 0 Å². The molecule has 1 aliphatic rings. The zero-order valence-electron chi connectivity index (χ0n) is 14.0. The molecule has 0 aromatic carbocycles. The summed E-state index contributed by atoms with van der Waals surface area (Å²) in [5.74, 6) is 0. The van der Waals surface area contributed by atoms with Crippen molar-refractivity contribution in [3.63, 3.8) is 0 Å². The Morgan fingerprint density at radius 1 is 1.16 bits per heavy atom. The van der Waals surface area contributed by atoms with Gasteiger partial charge in [0.15, 0.2) is 0 Å². The van der Waals surface area contributed by atoms with Gasteiger partial charge in [-0.05, 0) is 51.5 Å². The zero-order valence-corrected chi connectivity index (χ0v) is 14.0. The molecule has 1 fully saturated rings. The van der Waals surface area contributed by atoms with Crippen molar-refractivity contribution in [2.24, 2.45) is 11.1 Å². The van der Waals surface area contributed by atoms with E-state index in [0.29, 0.717) is 11.5 Å². The Balaban J connectivity index is 2.82. The highest BCUT2D eigenvalue weighted by molar-refractivity contribution is 5.00. The van der Waals surface area contributed by atoms with Crippen molar-refractivity contribution in [3.05, 3.63) is 0 Å². The maximum Gasteiger partial charge on any atom is 0.0339 e. The summed E-state index contributed by atoms with van der Waals surface area (Å²) in [5, 5.41) is 0. The molecule has 0 heterocycles. The normalized spacial score (nSPS) is 27.2. The molecule has 0 spiro atoms. The smallest absolute Gasteiger partial charge is 0.0339 e. The van der Waals surface area contributed by atoms with Gasteiger partial charge in [-0.3, -0.25) is 4.90 Å². The molecular formula is C17H36N2. The van der Waals surface area contributed by atoms with Crippen LogP contribution in [0, 0.1) is 5.41 Å². The number of nitrogens with zero attached hydrogens (tertiary/aromatic N) is 1. The Morgan fingerprint density at radius 2 is 1.84 bits per heavy atom. The van der Waals surface area contributed by atoms with Gasteiger partial charge in [0.2, 0.25) is 0 Å². The van der Waals surface area contributed by atoms with Gasteiger partial charge in [-0.1, -0.05) is 40.0 Å². The third-order valence-corrected chi connectivity index (χ3v) is 4.92. The molecule has 2 nitrogen and oxygen atoms in total. The van der Waals surface area contributed by atoms with E-state index < -0.39 is 0 Å². The number of hydrogen-bond donors (Lipinski definition) is 1. The molecule has 0 radical (unpaired) electrons. The van der Waals surface area contributed by atoms with Crippen molar-refractivity contribution in [1.82, 2.24) is 4.90 Å². The SMILES string of the molecule is CCCCCN(C(C)C)C1(CN)CCCC(C)(C)C1. The van der Waals surface area contributed by atoms with Gasteiger partial charge in [0.25, 0.3) is 0 Å². The Kier molecular flexibility index (Phi) is 6.32. The Hall–Kier alpha value is -0.0800. The van der Waals surface area contributed by atoms with Crippen molar-refractivity contribution in [1.29, 1.82) is 0 Å². The number of hydrogen-bond acceptors (Lipinski definition) is 2. The number of nitrogens with two attached hydrogens (primary N) is 1. The van der Waals surface area contributed by atoms with Crippen molar-refractivity contribution in [2.45, 2.75) is 91.1 Å². The lowest BCUT2D eigenvalue weighted by atomic mass is 9.67. The molecule has 0 aromatic rings. The van der Waals surface area contributed by atoms with E-state index in [2.05, 4.69) is 39.5 Å². The third kappa shape index (κ3) is 4.46. The van der Waals surface area contributed by atoms with Gasteiger partial charge in [-0.15, -0.1) is 0 Å². The lowest BCUT2D eigenvalue weighted by molar-refractivity contribution is -0.0110. The van der Waals surface area contributed by atoms with Crippen LogP contribution in [0.2, 0.25) is 0 Å². The minimum Gasteiger partial charge on any atom is -0.329 e. The largest absolute Gasteiger partial charge is 0.329 e. The first-order valence-electron chi connectivity index (χ1n) is 8.34. The lowest BCUT2D eigenvalue weighted by Crippen LogP contribution is -2.60. The summed E-state index contributed by atoms with van der Waals surface area (Å²) in [6, 6.07) is 0.606.